The van der Waals surface area contributed by atoms with Crippen LogP contribution in [0, 0.1) is 13.8 Å². The van der Waals surface area contributed by atoms with Gasteiger partial charge in [-0.15, -0.1) is 0 Å². The minimum Gasteiger partial charge on any atom is -0.395 e. The summed E-state index contributed by atoms with van der Waals surface area (Å²) in [7, 11) is 0. The molecule has 1 aromatic heterocycles. The van der Waals surface area contributed by atoms with E-state index in [9.17, 15) is 0 Å². The van der Waals surface area contributed by atoms with Gasteiger partial charge in [-0.25, -0.2) is 9.97 Å². The van der Waals surface area contributed by atoms with Crippen LogP contribution in [0.15, 0.2) is 5.03 Å². The van der Waals surface area contributed by atoms with Gasteiger partial charge in [0.2, 0.25) is 0 Å². The number of aliphatic hydroxyl groups excluding tert-OH is 1. The number of aryl methyl sites for hydroxylation is 2. The lowest BCUT2D eigenvalue weighted by Gasteiger charge is -2.20. The Balaban J connectivity index is 3.01. The minimum atomic E-state index is -0.292. The van der Waals surface area contributed by atoms with Gasteiger partial charge in [0.15, 0.2) is 5.15 Å². The van der Waals surface area contributed by atoms with Crippen LogP contribution in [0.2, 0.25) is 5.15 Å². The van der Waals surface area contributed by atoms with Gasteiger partial charge in [-0.1, -0.05) is 23.4 Å². The number of aliphatic hydroxyl groups is 1. The molecule has 1 aromatic rings. The van der Waals surface area contributed by atoms with Crippen molar-refractivity contribution < 1.29 is 5.11 Å². The van der Waals surface area contributed by atoms with Gasteiger partial charge in [0, 0.05) is 4.75 Å². The Hall–Kier alpha value is -0.320. The Kier molecular flexibility index (Phi) is 3.98. The first kappa shape index (κ1) is 12.7. The summed E-state index contributed by atoms with van der Waals surface area (Å²) in [6.07, 6.45) is 0. The highest BCUT2D eigenvalue weighted by Crippen LogP contribution is 2.34. The van der Waals surface area contributed by atoms with Gasteiger partial charge < -0.3 is 5.11 Å². The van der Waals surface area contributed by atoms with Gasteiger partial charge in [-0.2, -0.15) is 0 Å². The van der Waals surface area contributed by atoms with Gasteiger partial charge in [-0.05, 0) is 27.7 Å². The third-order valence-corrected chi connectivity index (χ3v) is 3.52. The van der Waals surface area contributed by atoms with E-state index in [4.69, 9.17) is 16.7 Å². The maximum Gasteiger partial charge on any atom is 0.161 e. The fourth-order valence-corrected chi connectivity index (χ4v) is 2.10. The molecule has 1 N–H and O–H groups in total. The van der Waals surface area contributed by atoms with Crippen molar-refractivity contribution in [3.8, 4) is 0 Å². The second-order valence-corrected chi connectivity index (χ2v) is 6.06. The molecule has 0 atom stereocenters. The van der Waals surface area contributed by atoms with E-state index in [-0.39, 0.29) is 11.4 Å². The molecule has 1 heterocycles. The summed E-state index contributed by atoms with van der Waals surface area (Å²) < 4.78 is -0.292. The number of hydrogen-bond acceptors (Lipinski definition) is 4. The quantitative estimate of drug-likeness (QED) is 0.833. The van der Waals surface area contributed by atoms with Gasteiger partial charge in [0.05, 0.1) is 18.0 Å². The smallest absolute Gasteiger partial charge is 0.161 e. The lowest BCUT2D eigenvalue weighted by molar-refractivity contribution is 0.265. The van der Waals surface area contributed by atoms with E-state index in [1.165, 1.54) is 11.8 Å². The van der Waals surface area contributed by atoms with Crippen LogP contribution in [0.3, 0.4) is 0 Å². The summed E-state index contributed by atoms with van der Waals surface area (Å²) in [4.78, 5) is 8.55. The fourth-order valence-electron chi connectivity index (χ4n) is 0.914. The standard InChI is InChI=1S/C10H15ClN2OS/c1-6-7(2)13-9(8(11)12-6)15-10(3,4)5-14/h14H,5H2,1-4H3. The summed E-state index contributed by atoms with van der Waals surface area (Å²) in [6, 6.07) is 0. The van der Waals surface area contributed by atoms with Crippen molar-refractivity contribution in [2.75, 3.05) is 6.61 Å². The van der Waals surface area contributed by atoms with Gasteiger partial charge in [-0.3, -0.25) is 0 Å². The number of aromatic nitrogens is 2. The second kappa shape index (κ2) is 4.68. The van der Waals surface area contributed by atoms with Crippen LogP contribution in [0.1, 0.15) is 25.2 Å². The van der Waals surface area contributed by atoms with Crippen LogP contribution in [-0.2, 0) is 0 Å². The molecule has 0 aliphatic rings. The molecule has 0 aliphatic carbocycles. The van der Waals surface area contributed by atoms with Crippen LogP contribution < -0.4 is 0 Å². The number of halogens is 1. The molecule has 1 rings (SSSR count). The van der Waals surface area contributed by atoms with Gasteiger partial charge >= 0.3 is 0 Å². The Morgan fingerprint density at radius 1 is 1.27 bits per heavy atom. The molecular formula is C10H15ClN2OS. The molecule has 0 amide bonds. The van der Waals surface area contributed by atoms with E-state index in [1.807, 2.05) is 27.7 Å². The molecule has 5 heteroatoms. The van der Waals surface area contributed by atoms with E-state index >= 15 is 0 Å². The topological polar surface area (TPSA) is 46.0 Å². The zero-order valence-electron chi connectivity index (χ0n) is 9.33. The molecular weight excluding hydrogens is 232 g/mol. The average Bonchev–Trinajstić information content (AvgIpc) is 2.14. The number of hydrogen-bond donors (Lipinski definition) is 1. The highest BCUT2D eigenvalue weighted by molar-refractivity contribution is 8.00. The fraction of sp³-hybridized carbons (Fsp3) is 0.600. The Bertz CT molecular complexity index is 369. The summed E-state index contributed by atoms with van der Waals surface area (Å²) in [5.41, 5.74) is 1.71. The van der Waals surface area contributed by atoms with Crippen LogP contribution in [0.25, 0.3) is 0 Å². The molecule has 3 nitrogen and oxygen atoms in total. The minimum absolute atomic E-state index is 0.0720. The van der Waals surface area contributed by atoms with E-state index in [1.54, 1.807) is 0 Å². The lowest BCUT2D eigenvalue weighted by atomic mass is 10.2. The number of nitrogens with zero attached hydrogens (tertiary/aromatic N) is 2. The molecule has 0 spiro atoms. The number of thioether (sulfide) groups is 1. The third-order valence-electron chi connectivity index (χ3n) is 1.99. The van der Waals surface area contributed by atoms with Gasteiger partial charge in [0.25, 0.3) is 0 Å². The van der Waals surface area contributed by atoms with E-state index in [0.29, 0.717) is 10.2 Å². The molecule has 0 bridgehead atoms. The molecule has 0 fully saturated rings. The van der Waals surface area contributed by atoms with Gasteiger partial charge in [0.1, 0.15) is 5.03 Å². The van der Waals surface area contributed by atoms with Crippen molar-refractivity contribution in [2.24, 2.45) is 0 Å². The van der Waals surface area contributed by atoms with Crippen molar-refractivity contribution in [1.82, 2.24) is 9.97 Å². The highest BCUT2D eigenvalue weighted by Gasteiger charge is 2.21. The van der Waals surface area contributed by atoms with Crippen molar-refractivity contribution >= 4 is 23.4 Å². The maximum absolute atomic E-state index is 9.16. The Labute approximate surface area is 99.3 Å². The largest absolute Gasteiger partial charge is 0.395 e. The molecule has 15 heavy (non-hydrogen) atoms. The average molecular weight is 247 g/mol. The molecule has 84 valence electrons. The van der Waals surface area contributed by atoms with Crippen molar-refractivity contribution in [3.63, 3.8) is 0 Å². The molecule has 0 aromatic carbocycles. The Morgan fingerprint density at radius 2 is 1.80 bits per heavy atom. The molecule has 0 saturated carbocycles. The summed E-state index contributed by atoms with van der Waals surface area (Å²) >= 11 is 7.43. The second-order valence-electron chi connectivity index (χ2n) is 4.01. The van der Waals surface area contributed by atoms with Crippen molar-refractivity contribution in [2.45, 2.75) is 37.5 Å². The predicted octanol–water partition coefficient (Wildman–Crippen LogP) is 2.61. The van der Waals surface area contributed by atoms with Crippen LogP contribution >= 0.6 is 23.4 Å². The zero-order valence-corrected chi connectivity index (χ0v) is 10.9. The summed E-state index contributed by atoms with van der Waals surface area (Å²) in [6.45, 7) is 7.72. The van der Waals surface area contributed by atoms with Crippen LogP contribution in [0.4, 0.5) is 0 Å². The molecule has 0 radical (unpaired) electrons. The number of rotatable bonds is 3. The third kappa shape index (κ3) is 3.33. The first-order chi connectivity index (χ1) is 6.85. The first-order valence-electron chi connectivity index (χ1n) is 4.66. The molecule has 0 saturated heterocycles. The van der Waals surface area contributed by atoms with E-state index in [2.05, 4.69) is 9.97 Å². The SMILES string of the molecule is Cc1nc(Cl)c(SC(C)(C)CO)nc1C. The molecule has 0 aliphatic heterocycles. The van der Waals surface area contributed by atoms with E-state index < -0.39 is 0 Å². The summed E-state index contributed by atoms with van der Waals surface area (Å²) in [5, 5.41) is 10.2. The van der Waals surface area contributed by atoms with Crippen molar-refractivity contribution in [3.05, 3.63) is 16.5 Å². The normalized spacial score (nSPS) is 11.9. The zero-order chi connectivity index (χ0) is 11.6. The lowest BCUT2D eigenvalue weighted by Crippen LogP contribution is -2.20. The highest BCUT2D eigenvalue weighted by atomic mass is 35.5. The van der Waals surface area contributed by atoms with Crippen LogP contribution in [-0.4, -0.2) is 26.4 Å². The van der Waals surface area contributed by atoms with Crippen LogP contribution in [0.5, 0.6) is 0 Å². The maximum atomic E-state index is 9.16. The Morgan fingerprint density at radius 3 is 2.33 bits per heavy atom. The van der Waals surface area contributed by atoms with Crippen molar-refractivity contribution in [1.29, 1.82) is 0 Å². The molecule has 0 unspecified atom stereocenters. The van der Waals surface area contributed by atoms with E-state index in [0.717, 1.165) is 11.4 Å². The first-order valence-corrected chi connectivity index (χ1v) is 5.86. The predicted molar refractivity (Wildman–Crippen MR) is 63.5 cm³/mol. The summed E-state index contributed by atoms with van der Waals surface area (Å²) in [5.74, 6) is 0. The monoisotopic (exact) mass is 246 g/mol.